The Morgan fingerprint density at radius 3 is 2.76 bits per heavy atom. The highest BCUT2D eigenvalue weighted by Crippen LogP contribution is 2.29. The number of hydrogen-bond donors (Lipinski definition) is 2. The second-order valence-electron chi connectivity index (χ2n) is 4.97. The number of rotatable bonds is 9. The van der Waals surface area contributed by atoms with E-state index in [9.17, 15) is 4.79 Å². The molecule has 1 rings (SSSR count). The molecule has 0 aliphatic heterocycles. The molecule has 0 aliphatic carbocycles. The number of carbonyl (C=O) groups is 1. The summed E-state index contributed by atoms with van der Waals surface area (Å²) in [5.74, 6) is 0.796. The van der Waals surface area contributed by atoms with Crippen LogP contribution < -0.4 is 20.7 Å². The fourth-order valence-electron chi connectivity index (χ4n) is 2.19. The predicted octanol–water partition coefficient (Wildman–Crippen LogP) is 1.77. The first-order chi connectivity index (χ1) is 10.2. The van der Waals surface area contributed by atoms with Crippen LogP contribution in [0.1, 0.15) is 26.7 Å². The lowest BCUT2D eigenvalue weighted by molar-refractivity contribution is -0.122. The molecular formula is C16H27N3O2. The molecule has 1 atom stereocenters. The number of amides is 1. The molecule has 0 aliphatic rings. The minimum Gasteiger partial charge on any atom is -0.495 e. The van der Waals surface area contributed by atoms with Gasteiger partial charge in [-0.25, -0.2) is 0 Å². The van der Waals surface area contributed by atoms with E-state index in [-0.39, 0.29) is 11.9 Å². The zero-order chi connectivity index (χ0) is 15.7. The number of methoxy groups -OCH3 is 1. The van der Waals surface area contributed by atoms with Crippen LogP contribution in [0.25, 0.3) is 0 Å². The zero-order valence-corrected chi connectivity index (χ0v) is 13.3. The summed E-state index contributed by atoms with van der Waals surface area (Å²) >= 11 is 0. The van der Waals surface area contributed by atoms with Gasteiger partial charge in [-0.1, -0.05) is 19.1 Å². The van der Waals surface area contributed by atoms with E-state index in [0.29, 0.717) is 13.1 Å². The lowest BCUT2D eigenvalue weighted by atomic mass is 10.1. The van der Waals surface area contributed by atoms with Crippen molar-refractivity contribution in [3.05, 3.63) is 24.3 Å². The van der Waals surface area contributed by atoms with E-state index in [1.807, 2.05) is 38.1 Å². The predicted molar refractivity (Wildman–Crippen MR) is 86.8 cm³/mol. The van der Waals surface area contributed by atoms with Crippen molar-refractivity contribution in [1.29, 1.82) is 0 Å². The molecule has 21 heavy (non-hydrogen) atoms. The van der Waals surface area contributed by atoms with Gasteiger partial charge in [0.25, 0.3) is 0 Å². The SMILES string of the molecule is CCCNC(=O)C(C)N(CCCN)c1ccccc1OC. The van der Waals surface area contributed by atoms with Crippen LogP contribution in [0.15, 0.2) is 24.3 Å². The molecule has 1 amide bonds. The standard InChI is InChI=1S/C16H27N3O2/c1-4-11-18-16(20)13(2)19(12-7-10-17)14-8-5-6-9-15(14)21-3/h5-6,8-9,13H,4,7,10-12,17H2,1-3H3,(H,18,20). The van der Waals surface area contributed by atoms with Gasteiger partial charge in [0.2, 0.25) is 5.91 Å². The number of nitrogens with zero attached hydrogens (tertiary/aromatic N) is 1. The molecule has 0 radical (unpaired) electrons. The molecule has 0 bridgehead atoms. The second kappa shape index (κ2) is 9.23. The normalized spacial score (nSPS) is 11.8. The molecule has 0 heterocycles. The number of nitrogens with one attached hydrogen (secondary N) is 1. The van der Waals surface area contributed by atoms with Gasteiger partial charge in [0.05, 0.1) is 12.8 Å². The summed E-state index contributed by atoms with van der Waals surface area (Å²) in [6.45, 7) is 5.96. The van der Waals surface area contributed by atoms with E-state index < -0.39 is 0 Å². The van der Waals surface area contributed by atoms with Crippen molar-refractivity contribution >= 4 is 11.6 Å². The van der Waals surface area contributed by atoms with Crippen LogP contribution in [-0.2, 0) is 4.79 Å². The van der Waals surface area contributed by atoms with Gasteiger partial charge in [-0.3, -0.25) is 4.79 Å². The van der Waals surface area contributed by atoms with E-state index in [4.69, 9.17) is 10.5 Å². The number of ether oxygens (including phenoxy) is 1. The van der Waals surface area contributed by atoms with Crippen LogP contribution in [0.5, 0.6) is 5.75 Å². The average Bonchev–Trinajstić information content (AvgIpc) is 2.53. The van der Waals surface area contributed by atoms with Crippen molar-refractivity contribution in [3.63, 3.8) is 0 Å². The number of benzene rings is 1. The van der Waals surface area contributed by atoms with Gasteiger partial charge in [-0.15, -0.1) is 0 Å². The van der Waals surface area contributed by atoms with Gasteiger partial charge in [0.1, 0.15) is 11.8 Å². The Balaban J connectivity index is 2.95. The third-order valence-electron chi connectivity index (χ3n) is 3.39. The van der Waals surface area contributed by atoms with E-state index in [0.717, 1.165) is 30.8 Å². The molecular weight excluding hydrogens is 266 g/mol. The molecule has 0 spiro atoms. The Labute approximate surface area is 127 Å². The molecule has 3 N–H and O–H groups in total. The first kappa shape index (κ1) is 17.3. The molecule has 0 saturated heterocycles. The van der Waals surface area contributed by atoms with Crippen LogP contribution in [0, 0.1) is 0 Å². The Bertz CT molecular complexity index is 437. The fraction of sp³-hybridized carbons (Fsp3) is 0.562. The number of carbonyl (C=O) groups excluding carboxylic acids is 1. The Kier molecular flexibility index (Phi) is 7.61. The lowest BCUT2D eigenvalue weighted by Gasteiger charge is -2.31. The van der Waals surface area contributed by atoms with Crippen molar-refractivity contribution in [2.75, 3.05) is 31.6 Å². The summed E-state index contributed by atoms with van der Waals surface area (Å²) in [5.41, 5.74) is 6.55. The summed E-state index contributed by atoms with van der Waals surface area (Å²) in [5, 5.41) is 2.94. The number of para-hydroxylation sites is 2. The minimum atomic E-state index is -0.264. The summed E-state index contributed by atoms with van der Waals surface area (Å²) < 4.78 is 5.41. The molecule has 1 aromatic carbocycles. The average molecular weight is 293 g/mol. The molecule has 5 heteroatoms. The van der Waals surface area contributed by atoms with Gasteiger partial charge in [-0.05, 0) is 38.4 Å². The monoisotopic (exact) mass is 293 g/mol. The third-order valence-corrected chi connectivity index (χ3v) is 3.39. The molecule has 1 aromatic rings. The second-order valence-corrected chi connectivity index (χ2v) is 4.97. The van der Waals surface area contributed by atoms with E-state index in [1.54, 1.807) is 7.11 Å². The van der Waals surface area contributed by atoms with Gasteiger partial charge in [-0.2, -0.15) is 0 Å². The Morgan fingerprint density at radius 1 is 1.43 bits per heavy atom. The maximum Gasteiger partial charge on any atom is 0.242 e. The van der Waals surface area contributed by atoms with Crippen molar-refractivity contribution in [2.45, 2.75) is 32.7 Å². The van der Waals surface area contributed by atoms with Gasteiger partial charge in [0, 0.05) is 13.1 Å². The zero-order valence-electron chi connectivity index (χ0n) is 13.3. The number of hydrogen-bond acceptors (Lipinski definition) is 4. The molecule has 0 fully saturated rings. The summed E-state index contributed by atoms with van der Waals surface area (Å²) in [6, 6.07) is 7.48. The van der Waals surface area contributed by atoms with Crippen LogP contribution in [0.3, 0.4) is 0 Å². The van der Waals surface area contributed by atoms with E-state index in [2.05, 4.69) is 10.2 Å². The summed E-state index contributed by atoms with van der Waals surface area (Å²) in [7, 11) is 1.64. The van der Waals surface area contributed by atoms with Gasteiger partial charge in [0.15, 0.2) is 0 Å². The topological polar surface area (TPSA) is 67.6 Å². The van der Waals surface area contributed by atoms with Crippen molar-refractivity contribution in [3.8, 4) is 5.75 Å². The third kappa shape index (κ3) is 4.93. The van der Waals surface area contributed by atoms with E-state index in [1.165, 1.54) is 0 Å². The molecule has 118 valence electrons. The lowest BCUT2D eigenvalue weighted by Crippen LogP contribution is -2.46. The minimum absolute atomic E-state index is 0.0276. The first-order valence-electron chi connectivity index (χ1n) is 7.53. The van der Waals surface area contributed by atoms with Crippen LogP contribution >= 0.6 is 0 Å². The first-order valence-corrected chi connectivity index (χ1v) is 7.53. The number of anilines is 1. The highest BCUT2D eigenvalue weighted by molar-refractivity contribution is 5.85. The Hall–Kier alpha value is -1.75. The fourth-order valence-corrected chi connectivity index (χ4v) is 2.19. The van der Waals surface area contributed by atoms with Crippen molar-refractivity contribution < 1.29 is 9.53 Å². The van der Waals surface area contributed by atoms with Gasteiger partial charge < -0.3 is 20.7 Å². The molecule has 0 aromatic heterocycles. The smallest absolute Gasteiger partial charge is 0.242 e. The van der Waals surface area contributed by atoms with Crippen LogP contribution in [0.4, 0.5) is 5.69 Å². The largest absolute Gasteiger partial charge is 0.495 e. The summed E-state index contributed by atoms with van der Waals surface area (Å²) in [4.78, 5) is 14.3. The van der Waals surface area contributed by atoms with Crippen molar-refractivity contribution in [2.24, 2.45) is 5.73 Å². The maximum atomic E-state index is 12.3. The number of nitrogens with two attached hydrogens (primary N) is 1. The van der Waals surface area contributed by atoms with E-state index >= 15 is 0 Å². The maximum absolute atomic E-state index is 12.3. The quantitative estimate of drug-likeness (QED) is 0.728. The van der Waals surface area contributed by atoms with Crippen LogP contribution in [-0.4, -0.2) is 38.7 Å². The van der Waals surface area contributed by atoms with Crippen LogP contribution in [0.2, 0.25) is 0 Å². The highest BCUT2D eigenvalue weighted by atomic mass is 16.5. The highest BCUT2D eigenvalue weighted by Gasteiger charge is 2.23. The van der Waals surface area contributed by atoms with Crippen molar-refractivity contribution in [1.82, 2.24) is 5.32 Å². The van der Waals surface area contributed by atoms with Gasteiger partial charge >= 0.3 is 0 Å². The summed E-state index contributed by atoms with van der Waals surface area (Å²) in [6.07, 6.45) is 1.75. The molecule has 1 unspecified atom stereocenters. The Morgan fingerprint density at radius 2 is 2.14 bits per heavy atom. The molecule has 5 nitrogen and oxygen atoms in total. The molecule has 0 saturated carbocycles.